The Labute approximate surface area is 133 Å². The van der Waals surface area contributed by atoms with E-state index in [1.54, 1.807) is 0 Å². The predicted octanol–water partition coefficient (Wildman–Crippen LogP) is 2.96. The Balaban J connectivity index is 1.48. The standard InChI is InChI=1S/C17H31NO2S/c1-14-2-5-16(19,6-3-14)13-18-15-4-9-20-17(12-15)7-10-21-11-8-17/h14-15,18-19H,2-13H2,1H3. The predicted molar refractivity (Wildman–Crippen MR) is 88.8 cm³/mol. The van der Waals surface area contributed by atoms with Gasteiger partial charge >= 0.3 is 0 Å². The summed E-state index contributed by atoms with van der Waals surface area (Å²) in [5.74, 6) is 3.28. The maximum absolute atomic E-state index is 10.7. The van der Waals surface area contributed by atoms with E-state index < -0.39 is 5.60 Å². The molecule has 0 aromatic heterocycles. The van der Waals surface area contributed by atoms with E-state index in [-0.39, 0.29) is 5.60 Å². The van der Waals surface area contributed by atoms with Gasteiger partial charge in [0.15, 0.2) is 0 Å². The van der Waals surface area contributed by atoms with Gasteiger partial charge in [-0.2, -0.15) is 11.8 Å². The molecule has 4 heteroatoms. The van der Waals surface area contributed by atoms with E-state index in [4.69, 9.17) is 4.74 Å². The molecule has 3 nitrogen and oxygen atoms in total. The van der Waals surface area contributed by atoms with Gasteiger partial charge < -0.3 is 15.2 Å². The summed E-state index contributed by atoms with van der Waals surface area (Å²) in [6, 6.07) is 0.533. The van der Waals surface area contributed by atoms with Crippen LogP contribution in [0.1, 0.15) is 58.3 Å². The maximum atomic E-state index is 10.7. The third-order valence-electron chi connectivity index (χ3n) is 5.82. The summed E-state index contributed by atoms with van der Waals surface area (Å²) in [6.45, 7) is 3.96. The van der Waals surface area contributed by atoms with E-state index in [0.29, 0.717) is 6.04 Å². The molecule has 122 valence electrons. The van der Waals surface area contributed by atoms with Crippen LogP contribution in [-0.2, 0) is 4.74 Å². The van der Waals surface area contributed by atoms with Crippen LogP contribution in [-0.4, -0.2) is 47.0 Å². The van der Waals surface area contributed by atoms with Crippen molar-refractivity contribution >= 4 is 11.8 Å². The van der Waals surface area contributed by atoms with Gasteiger partial charge in [0.1, 0.15) is 0 Å². The van der Waals surface area contributed by atoms with Crippen LogP contribution in [0.25, 0.3) is 0 Å². The number of hydrogen-bond donors (Lipinski definition) is 2. The van der Waals surface area contributed by atoms with Crippen LogP contribution >= 0.6 is 11.8 Å². The van der Waals surface area contributed by atoms with Gasteiger partial charge in [-0.1, -0.05) is 6.92 Å². The highest BCUT2D eigenvalue weighted by Gasteiger charge is 2.39. The van der Waals surface area contributed by atoms with Crippen molar-refractivity contribution in [2.45, 2.75) is 75.5 Å². The topological polar surface area (TPSA) is 41.5 Å². The lowest BCUT2D eigenvalue weighted by molar-refractivity contribution is -0.0964. The molecule has 2 saturated heterocycles. The minimum Gasteiger partial charge on any atom is -0.389 e. The summed E-state index contributed by atoms with van der Waals surface area (Å²) in [5, 5.41) is 14.4. The third-order valence-corrected chi connectivity index (χ3v) is 6.81. The molecule has 0 amide bonds. The molecule has 1 spiro atoms. The summed E-state index contributed by atoms with van der Waals surface area (Å²) >= 11 is 2.06. The molecule has 2 heterocycles. The molecule has 0 bridgehead atoms. The van der Waals surface area contributed by atoms with Gasteiger partial charge in [0.2, 0.25) is 0 Å². The lowest BCUT2D eigenvalue weighted by Gasteiger charge is -2.44. The average molecular weight is 314 g/mol. The molecule has 1 atom stereocenters. The maximum Gasteiger partial charge on any atom is 0.0771 e. The Bertz CT molecular complexity index is 330. The number of ether oxygens (including phenoxy) is 1. The fourth-order valence-corrected chi connectivity index (χ4v) is 5.34. The first-order chi connectivity index (χ1) is 10.1. The van der Waals surface area contributed by atoms with Crippen LogP contribution < -0.4 is 5.32 Å². The highest BCUT2D eigenvalue weighted by molar-refractivity contribution is 7.99. The van der Waals surface area contributed by atoms with Gasteiger partial charge in [-0.25, -0.2) is 0 Å². The molecular formula is C17H31NO2S. The smallest absolute Gasteiger partial charge is 0.0771 e. The second kappa shape index (κ2) is 6.77. The Morgan fingerprint density at radius 3 is 2.57 bits per heavy atom. The molecule has 0 radical (unpaired) electrons. The molecule has 2 N–H and O–H groups in total. The minimum atomic E-state index is -0.458. The van der Waals surface area contributed by atoms with Gasteiger partial charge in [0, 0.05) is 19.2 Å². The molecule has 3 aliphatic rings. The summed E-state index contributed by atoms with van der Waals surface area (Å²) in [6.07, 6.45) is 8.93. The zero-order valence-corrected chi connectivity index (χ0v) is 14.2. The molecule has 2 aliphatic heterocycles. The largest absolute Gasteiger partial charge is 0.389 e. The Kier molecular flexibility index (Phi) is 5.19. The summed E-state index contributed by atoms with van der Waals surface area (Å²) in [5.41, 5.74) is -0.314. The molecular weight excluding hydrogens is 282 g/mol. The first kappa shape index (κ1) is 16.1. The van der Waals surface area contributed by atoms with Gasteiger partial charge in [0.05, 0.1) is 11.2 Å². The van der Waals surface area contributed by atoms with Crippen LogP contribution in [0.15, 0.2) is 0 Å². The molecule has 21 heavy (non-hydrogen) atoms. The van der Waals surface area contributed by atoms with Gasteiger partial charge in [-0.05, 0) is 68.8 Å². The Morgan fingerprint density at radius 2 is 1.86 bits per heavy atom. The normalized spacial score (nSPS) is 40.3. The van der Waals surface area contributed by atoms with Crippen molar-refractivity contribution in [3.8, 4) is 0 Å². The van der Waals surface area contributed by atoms with E-state index in [2.05, 4.69) is 24.0 Å². The Morgan fingerprint density at radius 1 is 1.14 bits per heavy atom. The van der Waals surface area contributed by atoms with Crippen LogP contribution in [0.3, 0.4) is 0 Å². The summed E-state index contributed by atoms with van der Waals surface area (Å²) < 4.78 is 6.15. The highest BCUT2D eigenvalue weighted by Crippen LogP contribution is 2.38. The monoisotopic (exact) mass is 313 g/mol. The van der Waals surface area contributed by atoms with Crippen molar-refractivity contribution in [3.05, 3.63) is 0 Å². The minimum absolute atomic E-state index is 0.144. The zero-order chi connectivity index (χ0) is 14.8. The van der Waals surface area contributed by atoms with Crippen molar-refractivity contribution < 1.29 is 9.84 Å². The van der Waals surface area contributed by atoms with E-state index in [0.717, 1.165) is 44.8 Å². The summed E-state index contributed by atoms with van der Waals surface area (Å²) in [4.78, 5) is 0. The first-order valence-corrected chi connectivity index (χ1v) is 9.92. The molecule has 1 aliphatic carbocycles. The third kappa shape index (κ3) is 4.15. The molecule has 3 fully saturated rings. The Hall–Kier alpha value is 0.230. The van der Waals surface area contributed by atoms with Crippen LogP contribution in [0.2, 0.25) is 0 Å². The van der Waals surface area contributed by atoms with E-state index in [9.17, 15) is 5.11 Å². The van der Waals surface area contributed by atoms with E-state index >= 15 is 0 Å². The molecule has 0 aromatic carbocycles. The fourth-order valence-electron chi connectivity index (χ4n) is 4.10. The van der Waals surface area contributed by atoms with Crippen LogP contribution in [0.5, 0.6) is 0 Å². The second-order valence-electron chi connectivity index (χ2n) is 7.62. The lowest BCUT2D eigenvalue weighted by Crippen LogP contribution is -2.52. The molecule has 1 unspecified atom stereocenters. The molecule has 0 aromatic rings. The van der Waals surface area contributed by atoms with Gasteiger partial charge in [0.25, 0.3) is 0 Å². The summed E-state index contributed by atoms with van der Waals surface area (Å²) in [7, 11) is 0. The lowest BCUT2D eigenvalue weighted by atomic mass is 9.79. The van der Waals surface area contributed by atoms with Crippen LogP contribution in [0.4, 0.5) is 0 Å². The molecule has 1 saturated carbocycles. The fraction of sp³-hybridized carbons (Fsp3) is 1.00. The van der Waals surface area contributed by atoms with Gasteiger partial charge in [-0.15, -0.1) is 0 Å². The van der Waals surface area contributed by atoms with E-state index in [1.165, 1.54) is 37.2 Å². The zero-order valence-electron chi connectivity index (χ0n) is 13.4. The van der Waals surface area contributed by atoms with Crippen molar-refractivity contribution in [2.24, 2.45) is 5.92 Å². The van der Waals surface area contributed by atoms with E-state index in [1.807, 2.05) is 0 Å². The number of nitrogens with one attached hydrogen (secondary N) is 1. The van der Waals surface area contributed by atoms with Crippen molar-refractivity contribution in [2.75, 3.05) is 24.7 Å². The van der Waals surface area contributed by atoms with Crippen molar-refractivity contribution in [1.29, 1.82) is 0 Å². The second-order valence-corrected chi connectivity index (χ2v) is 8.85. The highest BCUT2D eigenvalue weighted by atomic mass is 32.2. The number of hydrogen-bond acceptors (Lipinski definition) is 4. The number of aliphatic hydroxyl groups is 1. The van der Waals surface area contributed by atoms with Crippen molar-refractivity contribution in [3.63, 3.8) is 0 Å². The first-order valence-electron chi connectivity index (χ1n) is 8.77. The average Bonchev–Trinajstić information content (AvgIpc) is 2.50. The molecule has 3 rings (SSSR count). The van der Waals surface area contributed by atoms with Crippen LogP contribution in [0, 0.1) is 5.92 Å². The quantitative estimate of drug-likeness (QED) is 0.840. The number of rotatable bonds is 3. The van der Waals surface area contributed by atoms with Gasteiger partial charge in [-0.3, -0.25) is 0 Å². The van der Waals surface area contributed by atoms with Crippen molar-refractivity contribution in [1.82, 2.24) is 5.32 Å². The SMILES string of the molecule is CC1CCC(O)(CNC2CCOC3(CCSCC3)C2)CC1. The number of thioether (sulfide) groups is 1.